The van der Waals surface area contributed by atoms with Gasteiger partial charge in [-0.15, -0.1) is 0 Å². The highest BCUT2D eigenvalue weighted by atomic mass is 16.3. The third-order valence-corrected chi connectivity index (χ3v) is 3.64. The maximum atomic E-state index is 10.5. The average Bonchev–Trinajstić information content (AvgIpc) is 2.46. The van der Waals surface area contributed by atoms with Gasteiger partial charge in [-0.2, -0.15) is 0 Å². The van der Waals surface area contributed by atoms with E-state index in [-0.39, 0.29) is 5.92 Å². The van der Waals surface area contributed by atoms with E-state index < -0.39 is 6.10 Å². The quantitative estimate of drug-likeness (QED) is 0.870. The van der Waals surface area contributed by atoms with Gasteiger partial charge in [-0.05, 0) is 22.3 Å². The van der Waals surface area contributed by atoms with Gasteiger partial charge in [0.25, 0.3) is 0 Å². The molecule has 3 rings (SSSR count). The predicted octanol–water partition coefficient (Wildman–Crippen LogP) is 3.99. The first-order valence-electron chi connectivity index (χ1n) is 6.46. The number of benzene rings is 2. The Morgan fingerprint density at radius 2 is 1.47 bits per heavy atom. The molecule has 0 saturated heterocycles. The van der Waals surface area contributed by atoms with Gasteiger partial charge in [0.1, 0.15) is 0 Å². The van der Waals surface area contributed by atoms with E-state index in [4.69, 9.17) is 0 Å². The Balaban J connectivity index is 1.90. The van der Waals surface area contributed by atoms with E-state index in [1.807, 2.05) is 48.5 Å². The van der Waals surface area contributed by atoms with Crippen molar-refractivity contribution in [3.63, 3.8) is 0 Å². The minimum atomic E-state index is -0.520. The topological polar surface area (TPSA) is 20.2 Å². The van der Waals surface area contributed by atoms with Crippen LogP contribution in [-0.4, -0.2) is 5.11 Å². The fourth-order valence-corrected chi connectivity index (χ4v) is 2.59. The molecule has 0 aliphatic heterocycles. The summed E-state index contributed by atoms with van der Waals surface area (Å²) in [6.45, 7) is 4.03. The summed E-state index contributed by atoms with van der Waals surface area (Å²) in [6, 6.07) is 20.0. The first-order chi connectivity index (χ1) is 9.27. The van der Waals surface area contributed by atoms with Crippen LogP contribution in [0.5, 0.6) is 0 Å². The SMILES string of the molecule is C=C1C=C(c2ccccc2)[C@@H]1[C@H](O)c1ccccc1. The first kappa shape index (κ1) is 11.9. The van der Waals surface area contributed by atoms with Crippen LogP contribution in [0.1, 0.15) is 17.2 Å². The Bertz CT molecular complexity index is 611. The van der Waals surface area contributed by atoms with E-state index in [1.54, 1.807) is 0 Å². The van der Waals surface area contributed by atoms with Crippen LogP contribution < -0.4 is 0 Å². The van der Waals surface area contributed by atoms with Crippen molar-refractivity contribution in [2.75, 3.05) is 0 Å². The number of hydrogen-bond acceptors (Lipinski definition) is 1. The molecule has 0 amide bonds. The third kappa shape index (κ3) is 2.13. The molecule has 2 atom stereocenters. The maximum Gasteiger partial charge on any atom is 0.0899 e. The zero-order chi connectivity index (χ0) is 13.2. The van der Waals surface area contributed by atoms with Crippen LogP contribution in [0.25, 0.3) is 5.57 Å². The molecule has 1 heteroatoms. The van der Waals surface area contributed by atoms with Gasteiger partial charge in [0.15, 0.2) is 0 Å². The number of allylic oxidation sites excluding steroid dienone is 1. The summed E-state index contributed by atoms with van der Waals surface area (Å²) in [7, 11) is 0. The maximum absolute atomic E-state index is 10.5. The second kappa shape index (κ2) is 4.87. The first-order valence-corrected chi connectivity index (χ1v) is 6.46. The lowest BCUT2D eigenvalue weighted by atomic mass is 9.72. The molecule has 0 bridgehead atoms. The van der Waals surface area contributed by atoms with Gasteiger partial charge < -0.3 is 5.11 Å². The number of hydrogen-bond donors (Lipinski definition) is 1. The van der Waals surface area contributed by atoms with E-state index in [0.29, 0.717) is 0 Å². The Hall–Kier alpha value is -2.12. The van der Waals surface area contributed by atoms with E-state index in [9.17, 15) is 5.11 Å². The summed E-state index contributed by atoms with van der Waals surface area (Å²) in [4.78, 5) is 0. The van der Waals surface area contributed by atoms with E-state index in [2.05, 4.69) is 24.8 Å². The lowest BCUT2D eigenvalue weighted by molar-refractivity contribution is 0.148. The lowest BCUT2D eigenvalue weighted by Gasteiger charge is -2.34. The molecule has 0 radical (unpaired) electrons. The smallest absolute Gasteiger partial charge is 0.0899 e. The van der Waals surface area contributed by atoms with Crippen molar-refractivity contribution in [3.05, 3.63) is 90.0 Å². The predicted molar refractivity (Wildman–Crippen MR) is 78.5 cm³/mol. The second-order valence-electron chi connectivity index (χ2n) is 4.87. The van der Waals surface area contributed by atoms with Gasteiger partial charge in [-0.25, -0.2) is 0 Å². The minimum Gasteiger partial charge on any atom is -0.387 e. The summed E-state index contributed by atoms with van der Waals surface area (Å²) in [5.74, 6) is 0.00444. The third-order valence-electron chi connectivity index (χ3n) is 3.64. The van der Waals surface area contributed by atoms with E-state index in [1.165, 1.54) is 5.57 Å². The number of rotatable bonds is 3. The van der Waals surface area contributed by atoms with Gasteiger partial charge in [0.05, 0.1) is 6.10 Å². The van der Waals surface area contributed by atoms with Crippen molar-refractivity contribution in [3.8, 4) is 0 Å². The van der Waals surface area contributed by atoms with Crippen molar-refractivity contribution in [2.45, 2.75) is 6.10 Å². The highest BCUT2D eigenvalue weighted by molar-refractivity contribution is 5.80. The van der Waals surface area contributed by atoms with Crippen LogP contribution >= 0.6 is 0 Å². The molecule has 0 aromatic heterocycles. The average molecular weight is 248 g/mol. The highest BCUT2D eigenvalue weighted by Gasteiger charge is 2.33. The molecule has 2 aromatic carbocycles. The zero-order valence-corrected chi connectivity index (χ0v) is 10.7. The fourth-order valence-electron chi connectivity index (χ4n) is 2.59. The number of aliphatic hydroxyl groups is 1. The van der Waals surface area contributed by atoms with Crippen LogP contribution in [0, 0.1) is 5.92 Å². The molecule has 1 nitrogen and oxygen atoms in total. The van der Waals surface area contributed by atoms with Gasteiger partial charge in [-0.3, -0.25) is 0 Å². The standard InChI is InChI=1S/C18H16O/c1-13-12-16(14-8-4-2-5-9-14)17(13)18(19)15-10-6-3-7-11-15/h2-12,17-19H,1H2/t17-,18-/m1/s1. The summed E-state index contributed by atoms with van der Waals surface area (Å²) in [6.07, 6.45) is 1.54. The van der Waals surface area contributed by atoms with Gasteiger partial charge in [-0.1, -0.05) is 73.3 Å². The van der Waals surface area contributed by atoms with Gasteiger partial charge in [0.2, 0.25) is 0 Å². The molecule has 19 heavy (non-hydrogen) atoms. The van der Waals surface area contributed by atoms with Gasteiger partial charge >= 0.3 is 0 Å². The van der Waals surface area contributed by atoms with Crippen LogP contribution in [0.4, 0.5) is 0 Å². The van der Waals surface area contributed by atoms with Crippen LogP contribution in [0.2, 0.25) is 0 Å². The minimum absolute atomic E-state index is 0.00444. The Morgan fingerprint density at radius 1 is 0.895 bits per heavy atom. The zero-order valence-electron chi connectivity index (χ0n) is 10.7. The second-order valence-corrected chi connectivity index (χ2v) is 4.87. The molecular formula is C18H16O. The summed E-state index contributed by atoms with van der Waals surface area (Å²) >= 11 is 0. The molecule has 0 spiro atoms. The lowest BCUT2D eigenvalue weighted by Crippen LogP contribution is -2.22. The molecule has 1 aliphatic carbocycles. The molecule has 0 fully saturated rings. The molecule has 0 saturated carbocycles. The van der Waals surface area contributed by atoms with Crippen LogP contribution in [0.15, 0.2) is 78.9 Å². The Labute approximate surface area is 113 Å². The van der Waals surface area contributed by atoms with Crippen LogP contribution in [0.3, 0.4) is 0 Å². The van der Waals surface area contributed by atoms with E-state index in [0.717, 1.165) is 16.7 Å². The largest absolute Gasteiger partial charge is 0.387 e. The fraction of sp³-hybridized carbons (Fsp3) is 0.111. The van der Waals surface area contributed by atoms with Crippen molar-refractivity contribution >= 4 is 5.57 Å². The highest BCUT2D eigenvalue weighted by Crippen LogP contribution is 2.46. The molecule has 1 aliphatic rings. The van der Waals surface area contributed by atoms with Gasteiger partial charge in [0, 0.05) is 5.92 Å². The molecule has 0 unspecified atom stereocenters. The Morgan fingerprint density at radius 3 is 2.05 bits per heavy atom. The van der Waals surface area contributed by atoms with Crippen molar-refractivity contribution < 1.29 is 5.11 Å². The Kier molecular flexibility index (Phi) is 3.06. The number of aliphatic hydroxyl groups excluding tert-OH is 1. The molecule has 1 N–H and O–H groups in total. The molecule has 94 valence electrons. The summed E-state index contributed by atoms with van der Waals surface area (Å²) in [5, 5.41) is 10.5. The van der Waals surface area contributed by atoms with Crippen molar-refractivity contribution in [2.24, 2.45) is 5.92 Å². The van der Waals surface area contributed by atoms with Crippen molar-refractivity contribution in [1.82, 2.24) is 0 Å². The summed E-state index contributed by atoms with van der Waals surface area (Å²) in [5.41, 5.74) is 4.27. The normalized spacial score (nSPS) is 19.5. The monoisotopic (exact) mass is 248 g/mol. The molecule has 2 aromatic rings. The molecular weight excluding hydrogens is 232 g/mol. The van der Waals surface area contributed by atoms with Crippen molar-refractivity contribution in [1.29, 1.82) is 0 Å². The summed E-state index contributed by atoms with van der Waals surface area (Å²) < 4.78 is 0. The van der Waals surface area contributed by atoms with Crippen LogP contribution in [-0.2, 0) is 0 Å². The molecule has 0 heterocycles. The van der Waals surface area contributed by atoms with E-state index >= 15 is 0 Å².